The second-order valence-corrected chi connectivity index (χ2v) is 7.66. The molecule has 1 aliphatic heterocycles. The lowest BCUT2D eigenvalue weighted by Gasteiger charge is -2.16. The summed E-state index contributed by atoms with van der Waals surface area (Å²) in [7, 11) is 0. The zero-order valence-electron chi connectivity index (χ0n) is 18.7. The highest BCUT2D eigenvalue weighted by atomic mass is 16.2. The molecular weight excluding hydrogens is 386 g/mol. The molecule has 31 heavy (non-hydrogen) atoms. The maximum absolute atomic E-state index is 11.8. The average molecular weight is 418 g/mol. The Labute approximate surface area is 184 Å². The Morgan fingerprint density at radius 1 is 1.35 bits per heavy atom. The first-order chi connectivity index (χ1) is 15.0. The summed E-state index contributed by atoms with van der Waals surface area (Å²) in [5.74, 6) is 0.835. The lowest BCUT2D eigenvalue weighted by molar-refractivity contribution is -0.127. The van der Waals surface area contributed by atoms with Crippen molar-refractivity contribution >= 4 is 17.4 Å². The van der Waals surface area contributed by atoms with Crippen molar-refractivity contribution in [1.29, 1.82) is 0 Å². The Balaban J connectivity index is 1.88. The summed E-state index contributed by atoms with van der Waals surface area (Å²) in [6.07, 6.45) is 12.1. The van der Waals surface area contributed by atoms with E-state index in [0.717, 1.165) is 59.6 Å². The quantitative estimate of drug-likeness (QED) is 0.468. The van der Waals surface area contributed by atoms with Gasteiger partial charge in [0.25, 0.3) is 0 Å². The van der Waals surface area contributed by atoms with Crippen molar-refractivity contribution in [2.24, 2.45) is 0 Å². The van der Waals surface area contributed by atoms with Gasteiger partial charge in [0.1, 0.15) is 0 Å². The van der Waals surface area contributed by atoms with E-state index in [0.29, 0.717) is 18.9 Å². The van der Waals surface area contributed by atoms with Crippen LogP contribution in [0.5, 0.6) is 0 Å². The molecule has 2 aromatic heterocycles. The van der Waals surface area contributed by atoms with Crippen LogP contribution in [0.25, 0.3) is 16.8 Å². The fourth-order valence-electron chi connectivity index (χ4n) is 3.72. The normalized spacial score (nSPS) is 14.8. The third-order valence-electron chi connectivity index (χ3n) is 5.46. The van der Waals surface area contributed by atoms with Crippen molar-refractivity contribution in [1.82, 2.24) is 19.9 Å². The third-order valence-corrected chi connectivity index (χ3v) is 5.46. The number of anilines is 1. The number of likely N-dealkylation sites (tertiary alicyclic amines) is 1. The second kappa shape index (κ2) is 10.7. The second-order valence-electron chi connectivity index (χ2n) is 7.66. The number of rotatable bonds is 9. The van der Waals surface area contributed by atoms with Gasteiger partial charge < -0.3 is 10.2 Å². The molecule has 3 rings (SSSR count). The molecule has 0 unspecified atom stereocenters. The molecule has 1 amide bonds. The molecule has 162 valence electrons. The minimum Gasteiger partial charge on any atom is -0.354 e. The fraction of sp³-hybridized carbons (Fsp3) is 0.360. The van der Waals surface area contributed by atoms with Crippen LogP contribution in [0, 0.1) is 6.92 Å². The van der Waals surface area contributed by atoms with Gasteiger partial charge in [0, 0.05) is 55.3 Å². The van der Waals surface area contributed by atoms with Crippen molar-refractivity contribution < 1.29 is 4.79 Å². The maximum atomic E-state index is 11.8. The van der Waals surface area contributed by atoms with Crippen LogP contribution in [0.3, 0.4) is 0 Å². The molecule has 0 atom stereocenters. The van der Waals surface area contributed by atoms with Gasteiger partial charge in [-0.1, -0.05) is 24.8 Å². The van der Waals surface area contributed by atoms with E-state index in [1.54, 1.807) is 6.20 Å². The van der Waals surface area contributed by atoms with Crippen LogP contribution in [0.15, 0.2) is 54.9 Å². The minimum atomic E-state index is 0.260. The first-order valence-electron chi connectivity index (χ1n) is 10.8. The average Bonchev–Trinajstić information content (AvgIpc) is 3.19. The number of aromatic nitrogens is 3. The number of hydrogen-bond acceptors (Lipinski definition) is 5. The summed E-state index contributed by atoms with van der Waals surface area (Å²) in [6.45, 7) is 12.3. The number of nitrogens with zero attached hydrogens (tertiary/aromatic N) is 4. The molecule has 1 fully saturated rings. The Morgan fingerprint density at radius 3 is 2.87 bits per heavy atom. The predicted molar refractivity (Wildman–Crippen MR) is 127 cm³/mol. The van der Waals surface area contributed by atoms with Crippen LogP contribution in [-0.4, -0.2) is 45.4 Å². The van der Waals surface area contributed by atoms with E-state index in [-0.39, 0.29) is 5.91 Å². The predicted octanol–water partition coefficient (Wildman–Crippen LogP) is 4.81. The van der Waals surface area contributed by atoms with E-state index in [1.807, 2.05) is 56.2 Å². The lowest BCUT2D eigenvalue weighted by atomic mass is 9.96. The molecule has 6 nitrogen and oxygen atoms in total. The number of allylic oxidation sites excluding steroid dienone is 5. The van der Waals surface area contributed by atoms with Crippen molar-refractivity contribution in [3.63, 3.8) is 0 Å². The molecule has 1 saturated heterocycles. The van der Waals surface area contributed by atoms with Crippen LogP contribution < -0.4 is 5.32 Å². The SMILES string of the molecule is C=CC(C)=C(C=CC)c1cnc(NCCCN2CCCC2=O)nc1-c1cccnc1C. The molecule has 0 aromatic carbocycles. The number of pyridine rings is 1. The zero-order chi connectivity index (χ0) is 22.2. The Hall–Kier alpha value is -3.28. The molecule has 3 heterocycles. The zero-order valence-corrected chi connectivity index (χ0v) is 18.7. The molecule has 1 N–H and O–H groups in total. The number of aryl methyl sites for hydroxylation is 1. The Bertz CT molecular complexity index is 1010. The minimum absolute atomic E-state index is 0.260. The van der Waals surface area contributed by atoms with Crippen molar-refractivity contribution in [2.45, 2.75) is 40.0 Å². The number of nitrogens with one attached hydrogen (secondary N) is 1. The Kier molecular flexibility index (Phi) is 7.70. The number of amides is 1. The first kappa shape index (κ1) is 22.4. The van der Waals surface area contributed by atoms with Crippen LogP contribution >= 0.6 is 0 Å². The van der Waals surface area contributed by atoms with Crippen LogP contribution in [0.4, 0.5) is 5.95 Å². The van der Waals surface area contributed by atoms with Gasteiger partial charge in [0.05, 0.1) is 5.69 Å². The van der Waals surface area contributed by atoms with Gasteiger partial charge in [-0.2, -0.15) is 0 Å². The van der Waals surface area contributed by atoms with Crippen LogP contribution in [0.1, 0.15) is 44.4 Å². The molecule has 6 heteroatoms. The van der Waals surface area contributed by atoms with Crippen molar-refractivity contribution in [2.75, 3.05) is 25.0 Å². The molecule has 0 aliphatic carbocycles. The van der Waals surface area contributed by atoms with Gasteiger partial charge >= 0.3 is 0 Å². The summed E-state index contributed by atoms with van der Waals surface area (Å²) in [6, 6.07) is 3.96. The van der Waals surface area contributed by atoms with Crippen molar-refractivity contribution in [3.05, 3.63) is 66.2 Å². The molecule has 0 spiro atoms. The molecule has 0 saturated carbocycles. The topological polar surface area (TPSA) is 71.0 Å². The monoisotopic (exact) mass is 417 g/mol. The highest BCUT2D eigenvalue weighted by Crippen LogP contribution is 2.32. The molecule has 1 aliphatic rings. The number of hydrogen-bond donors (Lipinski definition) is 1. The molecule has 0 radical (unpaired) electrons. The van der Waals surface area contributed by atoms with Gasteiger partial charge in [-0.05, 0) is 56.9 Å². The smallest absolute Gasteiger partial charge is 0.223 e. The summed E-state index contributed by atoms with van der Waals surface area (Å²) in [5.41, 5.74) is 5.77. The summed E-state index contributed by atoms with van der Waals surface area (Å²) < 4.78 is 0. The fourth-order valence-corrected chi connectivity index (χ4v) is 3.72. The van der Waals surface area contributed by atoms with E-state index < -0.39 is 0 Å². The summed E-state index contributed by atoms with van der Waals surface area (Å²) in [5, 5.41) is 3.32. The van der Waals surface area contributed by atoms with E-state index in [1.165, 1.54) is 0 Å². The lowest BCUT2D eigenvalue weighted by Crippen LogP contribution is -2.27. The van der Waals surface area contributed by atoms with Gasteiger partial charge in [-0.3, -0.25) is 9.78 Å². The highest BCUT2D eigenvalue weighted by Gasteiger charge is 2.19. The van der Waals surface area contributed by atoms with E-state index >= 15 is 0 Å². The van der Waals surface area contributed by atoms with Gasteiger partial charge in [-0.25, -0.2) is 9.97 Å². The molecule has 2 aromatic rings. The van der Waals surface area contributed by atoms with Crippen molar-refractivity contribution in [3.8, 4) is 11.3 Å². The first-order valence-corrected chi connectivity index (χ1v) is 10.8. The number of carbonyl (C=O) groups excluding carboxylic acids is 1. The maximum Gasteiger partial charge on any atom is 0.223 e. The Morgan fingerprint density at radius 2 is 2.19 bits per heavy atom. The van der Waals surface area contributed by atoms with Gasteiger partial charge in [0.2, 0.25) is 11.9 Å². The van der Waals surface area contributed by atoms with Gasteiger partial charge in [-0.15, -0.1) is 0 Å². The van der Waals surface area contributed by atoms with Crippen LogP contribution in [0.2, 0.25) is 0 Å². The molecule has 0 bridgehead atoms. The summed E-state index contributed by atoms with van der Waals surface area (Å²) >= 11 is 0. The largest absolute Gasteiger partial charge is 0.354 e. The highest BCUT2D eigenvalue weighted by molar-refractivity contribution is 5.86. The third kappa shape index (κ3) is 5.45. The molecular formula is C25H31N5O. The van der Waals surface area contributed by atoms with Crippen LogP contribution in [-0.2, 0) is 4.79 Å². The summed E-state index contributed by atoms with van der Waals surface area (Å²) in [4.78, 5) is 27.6. The standard InChI is InChI=1S/C25H31N5O/c1-5-10-20(18(3)6-2)22-17-28-25(27-14-9-16-30-15-8-12-23(30)31)29-24(22)21-11-7-13-26-19(21)4/h5-7,10-11,13,17H,2,8-9,12,14-16H2,1,3-4H3,(H,27,28,29). The van der Waals surface area contributed by atoms with E-state index in [2.05, 4.69) is 27.9 Å². The van der Waals surface area contributed by atoms with E-state index in [4.69, 9.17) is 4.98 Å². The van der Waals surface area contributed by atoms with E-state index in [9.17, 15) is 4.79 Å². The number of carbonyl (C=O) groups is 1. The van der Waals surface area contributed by atoms with Gasteiger partial charge in [0.15, 0.2) is 0 Å².